The molecule has 0 aliphatic rings. The molecule has 0 amide bonds. The SMILES string of the molecule is CCCc1nnnn1-c1ccc(N)cc1Br. The van der Waals surface area contributed by atoms with E-state index in [0.717, 1.165) is 28.8 Å². The zero-order chi connectivity index (χ0) is 11.5. The van der Waals surface area contributed by atoms with Gasteiger partial charge in [0.2, 0.25) is 0 Å². The highest BCUT2D eigenvalue weighted by atomic mass is 79.9. The van der Waals surface area contributed by atoms with Gasteiger partial charge >= 0.3 is 0 Å². The molecule has 1 aromatic carbocycles. The van der Waals surface area contributed by atoms with Gasteiger partial charge in [-0.3, -0.25) is 0 Å². The van der Waals surface area contributed by atoms with Crippen molar-refractivity contribution in [2.24, 2.45) is 0 Å². The van der Waals surface area contributed by atoms with Crippen molar-refractivity contribution in [1.29, 1.82) is 0 Å². The van der Waals surface area contributed by atoms with Crippen LogP contribution in [0, 0.1) is 0 Å². The predicted molar refractivity (Wildman–Crippen MR) is 65.3 cm³/mol. The summed E-state index contributed by atoms with van der Waals surface area (Å²) in [4.78, 5) is 0. The van der Waals surface area contributed by atoms with E-state index in [1.807, 2.05) is 18.2 Å². The van der Waals surface area contributed by atoms with Crippen LogP contribution in [0.3, 0.4) is 0 Å². The Morgan fingerprint density at radius 1 is 1.44 bits per heavy atom. The minimum atomic E-state index is 0.709. The van der Waals surface area contributed by atoms with E-state index >= 15 is 0 Å². The molecule has 2 rings (SSSR count). The largest absolute Gasteiger partial charge is 0.399 e. The third-order valence-electron chi connectivity index (χ3n) is 2.21. The van der Waals surface area contributed by atoms with E-state index in [-0.39, 0.29) is 0 Å². The van der Waals surface area contributed by atoms with Gasteiger partial charge in [-0.1, -0.05) is 6.92 Å². The Bertz CT molecular complexity index is 494. The monoisotopic (exact) mass is 281 g/mol. The van der Waals surface area contributed by atoms with Gasteiger partial charge in [0.15, 0.2) is 5.82 Å². The number of benzene rings is 1. The molecule has 6 heteroatoms. The lowest BCUT2D eigenvalue weighted by atomic mass is 10.2. The van der Waals surface area contributed by atoms with Crippen molar-refractivity contribution >= 4 is 21.6 Å². The molecular formula is C10H12BrN5. The normalized spacial score (nSPS) is 10.6. The Labute approximate surface area is 102 Å². The number of nitrogens with zero attached hydrogens (tertiary/aromatic N) is 4. The Morgan fingerprint density at radius 3 is 2.94 bits per heavy atom. The van der Waals surface area contributed by atoms with Crippen LogP contribution in [-0.4, -0.2) is 20.2 Å². The van der Waals surface area contributed by atoms with Crippen molar-refractivity contribution in [3.8, 4) is 5.69 Å². The molecule has 0 spiro atoms. The van der Waals surface area contributed by atoms with Crippen molar-refractivity contribution in [2.75, 3.05) is 5.73 Å². The first-order chi connectivity index (χ1) is 7.72. The standard InChI is InChI=1S/C10H12BrN5/c1-2-3-10-13-14-15-16(10)9-5-4-7(12)6-8(9)11/h4-6H,2-3,12H2,1H3. The maximum Gasteiger partial charge on any atom is 0.156 e. The van der Waals surface area contributed by atoms with Crippen LogP contribution in [0.4, 0.5) is 5.69 Å². The Kier molecular flexibility index (Phi) is 3.19. The van der Waals surface area contributed by atoms with Crippen LogP contribution in [0.5, 0.6) is 0 Å². The lowest BCUT2D eigenvalue weighted by Gasteiger charge is -2.06. The van der Waals surface area contributed by atoms with Gasteiger partial charge in [0.05, 0.1) is 5.69 Å². The summed E-state index contributed by atoms with van der Waals surface area (Å²) in [5.41, 5.74) is 7.30. The maximum absolute atomic E-state index is 5.69. The maximum atomic E-state index is 5.69. The Morgan fingerprint density at radius 2 is 2.25 bits per heavy atom. The summed E-state index contributed by atoms with van der Waals surface area (Å²) in [6.45, 7) is 2.09. The van der Waals surface area contributed by atoms with E-state index in [4.69, 9.17) is 5.73 Å². The molecule has 0 saturated heterocycles. The van der Waals surface area contributed by atoms with Crippen molar-refractivity contribution in [3.63, 3.8) is 0 Å². The highest BCUT2D eigenvalue weighted by molar-refractivity contribution is 9.10. The van der Waals surface area contributed by atoms with Gasteiger partial charge in [0.25, 0.3) is 0 Å². The average molecular weight is 282 g/mol. The van der Waals surface area contributed by atoms with Gasteiger partial charge in [-0.2, -0.15) is 4.68 Å². The van der Waals surface area contributed by atoms with E-state index < -0.39 is 0 Å². The molecule has 0 unspecified atom stereocenters. The zero-order valence-corrected chi connectivity index (χ0v) is 10.5. The Balaban J connectivity index is 2.46. The van der Waals surface area contributed by atoms with Gasteiger partial charge in [0.1, 0.15) is 0 Å². The van der Waals surface area contributed by atoms with Gasteiger partial charge < -0.3 is 5.73 Å². The number of nitrogen functional groups attached to an aromatic ring is 1. The molecule has 0 aliphatic carbocycles. The highest BCUT2D eigenvalue weighted by Crippen LogP contribution is 2.23. The van der Waals surface area contributed by atoms with Crippen LogP contribution in [0.1, 0.15) is 19.2 Å². The number of nitrogens with two attached hydrogens (primary N) is 1. The summed E-state index contributed by atoms with van der Waals surface area (Å²) in [5.74, 6) is 0.855. The molecule has 0 atom stereocenters. The summed E-state index contributed by atoms with van der Waals surface area (Å²) in [7, 11) is 0. The average Bonchev–Trinajstić information content (AvgIpc) is 2.67. The lowest BCUT2D eigenvalue weighted by molar-refractivity contribution is 0.743. The molecule has 2 aromatic rings. The van der Waals surface area contributed by atoms with Crippen molar-refractivity contribution in [3.05, 3.63) is 28.5 Å². The van der Waals surface area contributed by atoms with Gasteiger partial charge in [-0.05, 0) is 51.0 Å². The quantitative estimate of drug-likeness (QED) is 0.874. The van der Waals surface area contributed by atoms with Crippen LogP contribution >= 0.6 is 15.9 Å². The molecule has 16 heavy (non-hydrogen) atoms. The van der Waals surface area contributed by atoms with E-state index in [1.54, 1.807) is 4.68 Å². The van der Waals surface area contributed by atoms with Crippen molar-refractivity contribution in [1.82, 2.24) is 20.2 Å². The number of aryl methyl sites for hydroxylation is 1. The first-order valence-electron chi connectivity index (χ1n) is 5.05. The van der Waals surface area contributed by atoms with Crippen molar-refractivity contribution in [2.45, 2.75) is 19.8 Å². The zero-order valence-electron chi connectivity index (χ0n) is 8.89. The van der Waals surface area contributed by atoms with Crippen LogP contribution in [-0.2, 0) is 6.42 Å². The Hall–Kier alpha value is -1.43. The lowest BCUT2D eigenvalue weighted by Crippen LogP contribution is -2.04. The number of halogens is 1. The topological polar surface area (TPSA) is 69.6 Å². The first-order valence-corrected chi connectivity index (χ1v) is 5.84. The summed E-state index contributed by atoms with van der Waals surface area (Å²) >= 11 is 3.46. The fourth-order valence-corrected chi connectivity index (χ4v) is 2.03. The molecule has 1 aromatic heterocycles. The number of anilines is 1. The number of aromatic nitrogens is 4. The summed E-state index contributed by atoms with van der Waals surface area (Å²) in [6.07, 6.45) is 1.86. The molecule has 84 valence electrons. The number of hydrogen-bond acceptors (Lipinski definition) is 4. The van der Waals surface area contributed by atoms with Crippen LogP contribution < -0.4 is 5.73 Å². The van der Waals surface area contributed by atoms with E-state index in [9.17, 15) is 0 Å². The molecule has 0 saturated carbocycles. The van der Waals surface area contributed by atoms with Crippen molar-refractivity contribution < 1.29 is 0 Å². The number of hydrogen-bond donors (Lipinski definition) is 1. The summed E-state index contributed by atoms with van der Waals surface area (Å²) in [5, 5.41) is 11.7. The van der Waals surface area contributed by atoms with E-state index in [0.29, 0.717) is 5.69 Å². The third-order valence-corrected chi connectivity index (χ3v) is 2.84. The second-order valence-electron chi connectivity index (χ2n) is 3.47. The predicted octanol–water partition coefficient (Wildman–Crippen LogP) is 1.96. The minimum Gasteiger partial charge on any atom is -0.399 e. The van der Waals surface area contributed by atoms with E-state index in [2.05, 4.69) is 38.4 Å². The van der Waals surface area contributed by atoms with Crippen LogP contribution in [0.2, 0.25) is 0 Å². The second-order valence-corrected chi connectivity index (χ2v) is 4.32. The summed E-state index contributed by atoms with van der Waals surface area (Å²) < 4.78 is 2.62. The fourth-order valence-electron chi connectivity index (χ4n) is 1.47. The smallest absolute Gasteiger partial charge is 0.156 e. The number of rotatable bonds is 3. The molecule has 0 fully saturated rings. The second kappa shape index (κ2) is 4.61. The number of tetrazole rings is 1. The summed E-state index contributed by atoms with van der Waals surface area (Å²) in [6, 6.07) is 5.57. The molecule has 0 aliphatic heterocycles. The molecule has 1 heterocycles. The van der Waals surface area contributed by atoms with Gasteiger partial charge in [-0.15, -0.1) is 5.10 Å². The minimum absolute atomic E-state index is 0.709. The van der Waals surface area contributed by atoms with Gasteiger partial charge in [-0.25, -0.2) is 0 Å². The van der Waals surface area contributed by atoms with Crippen LogP contribution in [0.25, 0.3) is 5.69 Å². The van der Waals surface area contributed by atoms with E-state index in [1.165, 1.54) is 0 Å². The molecule has 0 bridgehead atoms. The van der Waals surface area contributed by atoms with Crippen LogP contribution in [0.15, 0.2) is 22.7 Å². The molecular weight excluding hydrogens is 270 g/mol. The molecule has 0 radical (unpaired) electrons. The van der Waals surface area contributed by atoms with Gasteiger partial charge in [0, 0.05) is 16.6 Å². The molecule has 2 N–H and O–H groups in total. The fraction of sp³-hybridized carbons (Fsp3) is 0.300. The molecule has 5 nitrogen and oxygen atoms in total. The third kappa shape index (κ3) is 2.06. The first kappa shape index (κ1) is 11.1. The highest BCUT2D eigenvalue weighted by Gasteiger charge is 2.10.